The lowest BCUT2D eigenvalue weighted by Gasteiger charge is -2.05. The summed E-state index contributed by atoms with van der Waals surface area (Å²) in [6, 6.07) is 14.2. The zero-order chi connectivity index (χ0) is 14.5. The molecule has 2 aromatic carbocycles. The van der Waals surface area contributed by atoms with Crippen LogP contribution in [0.5, 0.6) is 0 Å². The fourth-order valence-corrected chi connectivity index (χ4v) is 3.11. The number of hydrogen-bond acceptors (Lipinski definition) is 2. The van der Waals surface area contributed by atoms with Crippen LogP contribution in [0.3, 0.4) is 0 Å². The summed E-state index contributed by atoms with van der Waals surface area (Å²) >= 11 is 5.79. The van der Waals surface area contributed by atoms with Crippen molar-refractivity contribution in [1.82, 2.24) is 0 Å². The molecule has 0 saturated carbocycles. The Morgan fingerprint density at radius 3 is 2.50 bits per heavy atom. The quantitative estimate of drug-likeness (QED) is 0.921. The molecule has 0 radical (unpaired) electrons. The van der Waals surface area contributed by atoms with Gasteiger partial charge < -0.3 is 5.11 Å². The monoisotopic (exact) mass is 308 g/mol. The van der Waals surface area contributed by atoms with Gasteiger partial charge in [-0.05, 0) is 30.2 Å². The molecule has 3 nitrogen and oxygen atoms in total. The second-order valence-electron chi connectivity index (χ2n) is 4.23. The highest BCUT2D eigenvalue weighted by Crippen LogP contribution is 2.20. The Labute approximate surface area is 124 Å². The molecule has 2 aromatic rings. The SMILES string of the molecule is O=C(O)c1cc(S(=O)CCc2ccccc2)ccc1Cl. The fourth-order valence-electron chi connectivity index (χ4n) is 1.78. The van der Waals surface area contributed by atoms with Gasteiger partial charge >= 0.3 is 5.97 Å². The minimum Gasteiger partial charge on any atom is -0.478 e. The standard InChI is InChI=1S/C15H13ClO3S/c16-14-7-6-12(10-13(14)15(17)18)20(19)9-8-11-4-2-1-3-5-11/h1-7,10H,8-9H2,(H,17,18). The molecule has 0 aliphatic carbocycles. The molecule has 0 spiro atoms. The van der Waals surface area contributed by atoms with E-state index in [0.29, 0.717) is 17.1 Å². The molecule has 0 amide bonds. The van der Waals surface area contributed by atoms with Crippen molar-refractivity contribution >= 4 is 28.4 Å². The van der Waals surface area contributed by atoms with E-state index in [1.807, 2.05) is 30.3 Å². The minimum absolute atomic E-state index is 0.0165. The second-order valence-corrected chi connectivity index (χ2v) is 6.21. The summed E-state index contributed by atoms with van der Waals surface area (Å²) in [6.07, 6.45) is 0.679. The summed E-state index contributed by atoms with van der Waals surface area (Å²) in [6.45, 7) is 0. The summed E-state index contributed by atoms with van der Waals surface area (Å²) in [5.74, 6) is -0.665. The second kappa shape index (κ2) is 6.68. The van der Waals surface area contributed by atoms with E-state index in [1.165, 1.54) is 12.1 Å². The van der Waals surface area contributed by atoms with Crippen LogP contribution in [0.4, 0.5) is 0 Å². The average Bonchev–Trinajstić information content (AvgIpc) is 2.46. The maximum Gasteiger partial charge on any atom is 0.337 e. The van der Waals surface area contributed by atoms with Crippen LogP contribution in [-0.2, 0) is 17.2 Å². The number of rotatable bonds is 5. The van der Waals surface area contributed by atoms with E-state index in [0.717, 1.165) is 5.56 Å². The van der Waals surface area contributed by atoms with Gasteiger partial charge in [0.1, 0.15) is 0 Å². The minimum atomic E-state index is -1.24. The first-order chi connectivity index (χ1) is 9.58. The van der Waals surface area contributed by atoms with E-state index < -0.39 is 16.8 Å². The average molecular weight is 309 g/mol. The number of carboxylic acid groups (broad SMARTS) is 1. The maximum absolute atomic E-state index is 12.2. The van der Waals surface area contributed by atoms with Gasteiger partial charge in [-0.3, -0.25) is 4.21 Å². The number of hydrogen-bond donors (Lipinski definition) is 1. The highest BCUT2D eigenvalue weighted by atomic mass is 35.5. The van der Waals surface area contributed by atoms with Gasteiger partial charge in [-0.2, -0.15) is 0 Å². The third-order valence-electron chi connectivity index (χ3n) is 2.85. The van der Waals surface area contributed by atoms with Crippen molar-refractivity contribution < 1.29 is 14.1 Å². The first kappa shape index (κ1) is 14.8. The molecule has 0 aliphatic rings. The van der Waals surface area contributed by atoms with Crippen LogP contribution in [0.15, 0.2) is 53.4 Å². The molecule has 1 atom stereocenters. The van der Waals surface area contributed by atoms with Gasteiger partial charge in [-0.25, -0.2) is 4.79 Å². The van der Waals surface area contributed by atoms with Crippen LogP contribution < -0.4 is 0 Å². The molecular weight excluding hydrogens is 296 g/mol. The zero-order valence-electron chi connectivity index (χ0n) is 10.6. The third-order valence-corrected chi connectivity index (χ3v) is 4.53. The molecule has 104 valence electrons. The van der Waals surface area contributed by atoms with E-state index in [9.17, 15) is 9.00 Å². The molecule has 20 heavy (non-hydrogen) atoms. The van der Waals surface area contributed by atoms with Gasteiger partial charge in [0.15, 0.2) is 0 Å². The highest BCUT2D eigenvalue weighted by Gasteiger charge is 2.12. The Morgan fingerprint density at radius 1 is 1.15 bits per heavy atom. The number of carboxylic acids is 1. The summed E-state index contributed by atoms with van der Waals surface area (Å²) in [7, 11) is -1.24. The lowest BCUT2D eigenvalue weighted by Crippen LogP contribution is -2.04. The molecule has 0 fully saturated rings. The van der Waals surface area contributed by atoms with Crippen molar-refractivity contribution in [3.8, 4) is 0 Å². The van der Waals surface area contributed by atoms with Crippen LogP contribution in [0.2, 0.25) is 5.02 Å². The van der Waals surface area contributed by atoms with E-state index >= 15 is 0 Å². The van der Waals surface area contributed by atoms with Gasteiger partial charge in [0, 0.05) is 10.6 Å². The molecule has 0 heterocycles. The van der Waals surface area contributed by atoms with Crippen molar-refractivity contribution in [3.63, 3.8) is 0 Å². The largest absolute Gasteiger partial charge is 0.478 e. The Bertz CT molecular complexity index is 641. The Hall–Kier alpha value is -1.65. The first-order valence-corrected chi connectivity index (χ1v) is 7.73. The summed E-state index contributed by atoms with van der Waals surface area (Å²) in [5.41, 5.74) is 1.09. The Balaban J connectivity index is 2.10. The Morgan fingerprint density at radius 2 is 1.85 bits per heavy atom. The zero-order valence-corrected chi connectivity index (χ0v) is 12.2. The molecule has 5 heteroatoms. The first-order valence-electron chi connectivity index (χ1n) is 6.03. The van der Waals surface area contributed by atoms with Crippen LogP contribution in [0.1, 0.15) is 15.9 Å². The van der Waals surface area contributed by atoms with E-state index in [2.05, 4.69) is 0 Å². The molecule has 1 N–H and O–H groups in total. The summed E-state index contributed by atoms with van der Waals surface area (Å²) in [5, 5.41) is 9.15. The smallest absolute Gasteiger partial charge is 0.337 e. The lowest BCUT2D eigenvalue weighted by molar-refractivity contribution is 0.0697. The van der Waals surface area contributed by atoms with Crippen molar-refractivity contribution in [3.05, 3.63) is 64.7 Å². The molecule has 2 rings (SSSR count). The number of carbonyl (C=O) groups is 1. The molecule has 0 aromatic heterocycles. The van der Waals surface area contributed by atoms with Crippen LogP contribution in [0, 0.1) is 0 Å². The number of aromatic carboxylic acids is 1. The van der Waals surface area contributed by atoms with Crippen LogP contribution in [0.25, 0.3) is 0 Å². The van der Waals surface area contributed by atoms with Crippen molar-refractivity contribution in [1.29, 1.82) is 0 Å². The summed E-state index contributed by atoms with van der Waals surface area (Å²) < 4.78 is 12.2. The summed E-state index contributed by atoms with van der Waals surface area (Å²) in [4.78, 5) is 11.5. The van der Waals surface area contributed by atoms with Crippen LogP contribution in [-0.4, -0.2) is 21.0 Å². The number of halogens is 1. The predicted octanol–water partition coefficient (Wildman–Crippen LogP) is 3.39. The lowest BCUT2D eigenvalue weighted by atomic mass is 10.2. The van der Waals surface area contributed by atoms with Crippen molar-refractivity contribution in [2.45, 2.75) is 11.3 Å². The fraction of sp³-hybridized carbons (Fsp3) is 0.133. The third kappa shape index (κ3) is 3.68. The van der Waals surface area contributed by atoms with Crippen molar-refractivity contribution in [2.75, 3.05) is 5.75 Å². The van der Waals surface area contributed by atoms with E-state index in [1.54, 1.807) is 6.07 Å². The van der Waals surface area contributed by atoms with Gasteiger partial charge in [0.25, 0.3) is 0 Å². The topological polar surface area (TPSA) is 54.4 Å². The van der Waals surface area contributed by atoms with E-state index in [-0.39, 0.29) is 10.6 Å². The van der Waals surface area contributed by atoms with Crippen molar-refractivity contribution in [2.24, 2.45) is 0 Å². The molecule has 0 saturated heterocycles. The van der Waals surface area contributed by atoms with Gasteiger partial charge in [0.05, 0.1) is 21.4 Å². The molecular formula is C15H13ClO3S. The molecule has 0 aliphatic heterocycles. The predicted molar refractivity (Wildman–Crippen MR) is 79.8 cm³/mol. The van der Waals surface area contributed by atoms with Crippen LogP contribution >= 0.6 is 11.6 Å². The normalized spacial score (nSPS) is 12.1. The Kier molecular flexibility index (Phi) is 4.93. The number of aryl methyl sites for hydroxylation is 1. The maximum atomic E-state index is 12.2. The van der Waals surface area contributed by atoms with Gasteiger partial charge in [-0.1, -0.05) is 41.9 Å². The molecule has 0 bridgehead atoms. The van der Waals surface area contributed by atoms with Gasteiger partial charge in [0.2, 0.25) is 0 Å². The molecule has 1 unspecified atom stereocenters. The van der Waals surface area contributed by atoms with Gasteiger partial charge in [-0.15, -0.1) is 0 Å². The highest BCUT2D eigenvalue weighted by molar-refractivity contribution is 7.85. The van der Waals surface area contributed by atoms with E-state index in [4.69, 9.17) is 16.7 Å². The number of benzene rings is 2.